The molecule has 174 valence electrons. The number of hydrogen-bond acceptors (Lipinski definition) is 9. The molecule has 3 rings (SSSR count). The number of sulfonamides is 1. The molecule has 12 heteroatoms. The molecule has 0 unspecified atom stereocenters. The van der Waals surface area contributed by atoms with E-state index in [0.29, 0.717) is 34.9 Å². The van der Waals surface area contributed by atoms with Gasteiger partial charge in [-0.1, -0.05) is 0 Å². The first-order valence-electron chi connectivity index (χ1n) is 9.98. The van der Waals surface area contributed by atoms with Gasteiger partial charge < -0.3 is 15.7 Å². The summed E-state index contributed by atoms with van der Waals surface area (Å²) in [6.45, 7) is 5.78. The number of aryl methyl sites for hydroxylation is 1. The lowest BCUT2D eigenvalue weighted by Gasteiger charge is -2.33. The number of benzene rings is 1. The lowest BCUT2D eigenvalue weighted by molar-refractivity contribution is 0.0807. The lowest BCUT2D eigenvalue weighted by atomic mass is 9.93. The third-order valence-corrected chi connectivity index (χ3v) is 5.82. The first-order chi connectivity index (χ1) is 14.8. The number of aliphatic imine (C=N–C) groups is 1. The zero-order valence-electron chi connectivity index (χ0n) is 18.9. The fourth-order valence-electron chi connectivity index (χ4n) is 3.66. The first kappa shape index (κ1) is 23.9. The van der Waals surface area contributed by atoms with E-state index in [-0.39, 0.29) is 17.9 Å². The Morgan fingerprint density at radius 3 is 2.50 bits per heavy atom. The Labute approximate surface area is 188 Å². The number of rotatable bonds is 7. The Balaban J connectivity index is 2.34. The van der Waals surface area contributed by atoms with Crippen LogP contribution in [0.15, 0.2) is 40.4 Å². The topological polar surface area (TPSA) is 156 Å². The molecule has 5 N–H and O–H groups in total. The average Bonchev–Trinajstić information content (AvgIpc) is 3.15. The van der Waals surface area contributed by atoms with Crippen LogP contribution in [0.5, 0.6) is 0 Å². The van der Waals surface area contributed by atoms with E-state index in [1.165, 1.54) is 23.5 Å². The van der Waals surface area contributed by atoms with Crippen LogP contribution in [0.1, 0.15) is 30.5 Å². The van der Waals surface area contributed by atoms with Crippen LogP contribution in [0, 0.1) is 6.92 Å². The Hall–Kier alpha value is -2.80. The molecule has 0 spiro atoms. The van der Waals surface area contributed by atoms with E-state index in [9.17, 15) is 13.5 Å². The third-order valence-electron chi connectivity index (χ3n) is 4.86. The van der Waals surface area contributed by atoms with Crippen LogP contribution in [0.2, 0.25) is 0 Å². The zero-order valence-corrected chi connectivity index (χ0v) is 19.8. The molecule has 0 bridgehead atoms. The summed E-state index contributed by atoms with van der Waals surface area (Å²) in [6, 6.07) is 3.28. The second-order valence-corrected chi connectivity index (χ2v) is 10.3. The van der Waals surface area contributed by atoms with Crippen molar-refractivity contribution < 1.29 is 13.5 Å². The number of nitrogens with two attached hydrogens (primary N) is 2. The number of nitrogens with zero attached hydrogens (tertiary/aromatic N) is 6. The lowest BCUT2D eigenvalue weighted by Crippen LogP contribution is -2.44. The van der Waals surface area contributed by atoms with Gasteiger partial charge in [-0.25, -0.2) is 23.5 Å². The van der Waals surface area contributed by atoms with Crippen molar-refractivity contribution in [3.63, 3.8) is 0 Å². The van der Waals surface area contributed by atoms with Crippen LogP contribution < -0.4 is 15.9 Å². The van der Waals surface area contributed by atoms with Crippen LogP contribution in [0.4, 0.5) is 0 Å². The van der Waals surface area contributed by atoms with Crippen molar-refractivity contribution in [2.75, 3.05) is 32.2 Å². The highest BCUT2D eigenvalue weighted by molar-refractivity contribution is 7.89. The Bertz CT molecular complexity index is 1160. The molecule has 0 radical (unpaired) electrons. The van der Waals surface area contributed by atoms with Gasteiger partial charge in [0.25, 0.3) is 0 Å². The van der Waals surface area contributed by atoms with Crippen molar-refractivity contribution >= 4 is 21.6 Å². The second-order valence-electron chi connectivity index (χ2n) is 8.82. The fourth-order valence-corrected chi connectivity index (χ4v) is 4.42. The summed E-state index contributed by atoms with van der Waals surface area (Å²) in [4.78, 5) is 11.9. The molecular weight excluding hydrogens is 432 g/mol. The Morgan fingerprint density at radius 2 is 1.97 bits per heavy atom. The van der Waals surface area contributed by atoms with E-state index in [2.05, 4.69) is 15.1 Å². The summed E-state index contributed by atoms with van der Waals surface area (Å²) in [5, 5.41) is 21.9. The number of aliphatic hydroxyl groups is 1. The number of aromatic nitrogens is 3. The molecule has 32 heavy (non-hydrogen) atoms. The van der Waals surface area contributed by atoms with Gasteiger partial charge in [-0.3, -0.25) is 5.01 Å². The van der Waals surface area contributed by atoms with Crippen molar-refractivity contribution in [3.8, 4) is 0 Å². The number of likely N-dealkylation sites (N-methyl/N-ethyl adjacent to an activating group) is 1. The highest BCUT2D eigenvalue weighted by atomic mass is 32.2. The molecular formula is C20H30N8O3S. The molecule has 1 aliphatic heterocycles. The molecule has 2 aromatic rings. The molecule has 0 fully saturated rings. The quantitative estimate of drug-likeness (QED) is 0.510. The van der Waals surface area contributed by atoms with Crippen molar-refractivity contribution in [1.29, 1.82) is 0 Å². The van der Waals surface area contributed by atoms with E-state index >= 15 is 0 Å². The Kier molecular flexibility index (Phi) is 6.43. The van der Waals surface area contributed by atoms with Crippen LogP contribution >= 0.6 is 0 Å². The van der Waals surface area contributed by atoms with Crippen molar-refractivity contribution in [3.05, 3.63) is 47.2 Å². The van der Waals surface area contributed by atoms with E-state index in [4.69, 9.17) is 10.9 Å². The maximum atomic E-state index is 12.7. The molecule has 1 aromatic carbocycles. The van der Waals surface area contributed by atoms with Gasteiger partial charge in [-0.15, -0.1) is 5.10 Å². The highest BCUT2D eigenvalue weighted by Gasteiger charge is 2.30. The minimum absolute atomic E-state index is 0.0607. The minimum atomic E-state index is -4.12. The molecule has 0 amide bonds. The first-order valence-corrected chi connectivity index (χ1v) is 11.5. The normalized spacial score (nSPS) is 15.5. The van der Waals surface area contributed by atoms with E-state index in [1.807, 2.05) is 25.9 Å². The summed E-state index contributed by atoms with van der Waals surface area (Å²) in [5.41, 5.74) is 8.05. The standard InChI is InChI=1S/C20H30N8O3S/c1-13-6-15(17(32(22,30)31)7-14(13)8-20(2,3)29)19-16(9-26(4)5)25-18(21)10-27(19)28-12-23-11-24-28/h6-7,11-12,29H,8-10H2,1-5H3,(H2,21,25)(H2,22,30,31). The zero-order chi connectivity index (χ0) is 23.8. The average molecular weight is 463 g/mol. The van der Waals surface area contributed by atoms with Gasteiger partial charge in [-0.2, -0.15) is 4.79 Å². The van der Waals surface area contributed by atoms with Gasteiger partial charge in [0.1, 0.15) is 18.5 Å². The fraction of sp³-hybridized carbons (Fsp3) is 0.450. The predicted molar refractivity (Wildman–Crippen MR) is 123 cm³/mol. The van der Waals surface area contributed by atoms with Gasteiger partial charge in [-0.05, 0) is 58.1 Å². The van der Waals surface area contributed by atoms with E-state index < -0.39 is 15.6 Å². The van der Waals surface area contributed by atoms with Crippen LogP contribution in [-0.2, 0) is 16.4 Å². The smallest absolute Gasteiger partial charge is 0.238 e. The molecule has 0 saturated heterocycles. The van der Waals surface area contributed by atoms with Crippen LogP contribution in [0.25, 0.3) is 5.70 Å². The third kappa shape index (κ3) is 5.33. The van der Waals surface area contributed by atoms with Gasteiger partial charge in [0.2, 0.25) is 10.0 Å². The van der Waals surface area contributed by atoms with Crippen LogP contribution in [-0.4, -0.2) is 71.9 Å². The molecule has 2 heterocycles. The summed E-state index contributed by atoms with van der Waals surface area (Å²) >= 11 is 0. The molecule has 1 aromatic heterocycles. The monoisotopic (exact) mass is 462 g/mol. The van der Waals surface area contributed by atoms with Gasteiger partial charge in [0.05, 0.1) is 28.4 Å². The van der Waals surface area contributed by atoms with Crippen LogP contribution in [0.3, 0.4) is 0 Å². The summed E-state index contributed by atoms with van der Waals surface area (Å²) in [6.07, 6.45) is 3.14. The molecule has 1 aliphatic rings. The SMILES string of the molecule is Cc1cc(C2=C(CN(C)C)N=C(N)CN2n2cncn2)c(S(N)(=O)=O)cc1CC(C)(C)O. The van der Waals surface area contributed by atoms with Crippen molar-refractivity contribution in [2.24, 2.45) is 15.9 Å². The summed E-state index contributed by atoms with van der Waals surface area (Å²) in [5.74, 6) is 0.355. The van der Waals surface area contributed by atoms with Gasteiger partial charge in [0, 0.05) is 18.5 Å². The largest absolute Gasteiger partial charge is 0.390 e. The van der Waals surface area contributed by atoms with Gasteiger partial charge >= 0.3 is 0 Å². The maximum absolute atomic E-state index is 12.7. The predicted octanol–water partition coefficient (Wildman–Crippen LogP) is -0.213. The summed E-state index contributed by atoms with van der Waals surface area (Å²) in [7, 11) is -0.360. The number of primary sulfonamides is 1. The van der Waals surface area contributed by atoms with Crippen molar-refractivity contribution in [1.82, 2.24) is 19.8 Å². The van der Waals surface area contributed by atoms with E-state index in [1.54, 1.807) is 24.9 Å². The molecule has 11 nitrogen and oxygen atoms in total. The maximum Gasteiger partial charge on any atom is 0.238 e. The minimum Gasteiger partial charge on any atom is -0.390 e. The van der Waals surface area contributed by atoms with Crippen molar-refractivity contribution in [2.45, 2.75) is 37.7 Å². The molecule has 0 aliphatic carbocycles. The molecule has 0 atom stereocenters. The highest BCUT2D eigenvalue weighted by Crippen LogP contribution is 2.33. The number of amidine groups is 1. The Morgan fingerprint density at radius 1 is 1.28 bits per heavy atom. The number of hydrogen-bond donors (Lipinski definition) is 3. The molecule has 0 saturated carbocycles. The van der Waals surface area contributed by atoms with E-state index in [0.717, 1.165) is 5.56 Å². The van der Waals surface area contributed by atoms with Gasteiger partial charge in [0.15, 0.2) is 0 Å². The second kappa shape index (κ2) is 8.62. The summed E-state index contributed by atoms with van der Waals surface area (Å²) < 4.78 is 25.4.